The third-order valence-electron chi connectivity index (χ3n) is 3.49. The number of benzene rings is 1. The Morgan fingerprint density at radius 1 is 1.20 bits per heavy atom. The molecule has 3 rings (SSSR count). The Hall–Kier alpha value is -1.91. The fourth-order valence-corrected chi connectivity index (χ4v) is 2.10. The number of hydrogen-bond acceptors (Lipinski definition) is 4. The van der Waals surface area contributed by atoms with Gasteiger partial charge in [0.15, 0.2) is 11.5 Å². The lowest BCUT2D eigenvalue weighted by molar-refractivity contribution is -0.119. The molecule has 0 bridgehead atoms. The molecule has 1 aromatic carbocycles. The molecule has 20 heavy (non-hydrogen) atoms. The van der Waals surface area contributed by atoms with Crippen LogP contribution in [0.1, 0.15) is 19.3 Å². The van der Waals surface area contributed by atoms with Crippen LogP contribution in [0.25, 0.3) is 0 Å². The molecule has 1 fully saturated rings. The second kappa shape index (κ2) is 6.03. The first-order valence-electron chi connectivity index (χ1n) is 7.21. The van der Waals surface area contributed by atoms with Crippen molar-refractivity contribution in [1.29, 1.82) is 0 Å². The molecule has 5 nitrogen and oxygen atoms in total. The lowest BCUT2D eigenvalue weighted by Crippen LogP contribution is -2.31. The van der Waals surface area contributed by atoms with Crippen molar-refractivity contribution in [3.8, 4) is 11.5 Å². The van der Waals surface area contributed by atoms with Crippen LogP contribution in [0.3, 0.4) is 0 Å². The molecule has 1 heterocycles. The smallest absolute Gasteiger partial charge is 0.239 e. The number of anilines is 1. The molecule has 1 aliphatic heterocycles. The molecule has 0 atom stereocenters. The third-order valence-corrected chi connectivity index (χ3v) is 3.49. The van der Waals surface area contributed by atoms with Gasteiger partial charge in [0.05, 0.1) is 19.8 Å². The highest BCUT2D eigenvalue weighted by molar-refractivity contribution is 5.80. The van der Waals surface area contributed by atoms with Gasteiger partial charge in [-0.2, -0.15) is 0 Å². The number of hydrogen-bond donors (Lipinski definition) is 2. The third kappa shape index (κ3) is 3.56. The Morgan fingerprint density at radius 3 is 2.80 bits per heavy atom. The van der Waals surface area contributed by atoms with Crippen LogP contribution in [0.5, 0.6) is 11.5 Å². The molecule has 1 aliphatic carbocycles. The Labute approximate surface area is 118 Å². The van der Waals surface area contributed by atoms with Gasteiger partial charge in [-0.15, -0.1) is 0 Å². The van der Waals surface area contributed by atoms with Gasteiger partial charge in [0, 0.05) is 24.7 Å². The van der Waals surface area contributed by atoms with Crippen LogP contribution >= 0.6 is 0 Å². The van der Waals surface area contributed by atoms with Crippen molar-refractivity contribution in [2.45, 2.75) is 19.3 Å². The summed E-state index contributed by atoms with van der Waals surface area (Å²) in [5.74, 6) is 2.25. The van der Waals surface area contributed by atoms with Crippen molar-refractivity contribution in [2.24, 2.45) is 5.92 Å². The fraction of sp³-hybridized carbons (Fsp3) is 0.533. The fourth-order valence-electron chi connectivity index (χ4n) is 2.10. The number of carbonyl (C=O) groups is 1. The Balaban J connectivity index is 1.51. The van der Waals surface area contributed by atoms with Gasteiger partial charge in [-0.3, -0.25) is 4.79 Å². The zero-order valence-corrected chi connectivity index (χ0v) is 11.5. The summed E-state index contributed by atoms with van der Waals surface area (Å²) < 4.78 is 11.2. The van der Waals surface area contributed by atoms with Gasteiger partial charge < -0.3 is 20.1 Å². The van der Waals surface area contributed by atoms with E-state index >= 15 is 0 Å². The van der Waals surface area contributed by atoms with E-state index < -0.39 is 0 Å². The summed E-state index contributed by atoms with van der Waals surface area (Å²) in [7, 11) is 0. The highest BCUT2D eigenvalue weighted by Gasteiger charge is 2.21. The van der Waals surface area contributed by atoms with E-state index in [1.165, 1.54) is 12.8 Å². The van der Waals surface area contributed by atoms with E-state index in [2.05, 4.69) is 10.6 Å². The summed E-state index contributed by atoms with van der Waals surface area (Å²) in [5, 5.41) is 6.04. The normalized spacial score (nSPS) is 17.2. The number of ether oxygens (including phenoxy) is 2. The van der Waals surface area contributed by atoms with Crippen LogP contribution in [0, 0.1) is 5.92 Å². The van der Waals surface area contributed by atoms with E-state index in [1.54, 1.807) is 0 Å². The van der Waals surface area contributed by atoms with Crippen LogP contribution in [0.4, 0.5) is 5.69 Å². The average Bonchev–Trinajstić information content (AvgIpc) is 3.29. The van der Waals surface area contributed by atoms with Crippen molar-refractivity contribution in [3.63, 3.8) is 0 Å². The van der Waals surface area contributed by atoms with E-state index in [0.29, 0.717) is 19.1 Å². The largest absolute Gasteiger partial charge is 0.490 e. The second-order valence-corrected chi connectivity index (χ2v) is 5.31. The molecule has 0 spiro atoms. The van der Waals surface area contributed by atoms with Crippen molar-refractivity contribution in [2.75, 3.05) is 31.6 Å². The summed E-state index contributed by atoms with van der Waals surface area (Å²) in [4.78, 5) is 11.7. The van der Waals surface area contributed by atoms with Gasteiger partial charge in [0.2, 0.25) is 5.91 Å². The molecule has 0 saturated heterocycles. The Kier molecular flexibility index (Phi) is 3.95. The van der Waals surface area contributed by atoms with Crippen molar-refractivity contribution in [3.05, 3.63) is 18.2 Å². The molecule has 0 unspecified atom stereocenters. The van der Waals surface area contributed by atoms with Crippen molar-refractivity contribution >= 4 is 11.6 Å². The molecule has 1 saturated carbocycles. The minimum absolute atomic E-state index is 0.0315. The zero-order valence-electron chi connectivity index (χ0n) is 11.5. The number of carbonyl (C=O) groups excluding carboxylic acids is 1. The van der Waals surface area contributed by atoms with Crippen LogP contribution in [-0.2, 0) is 4.79 Å². The first-order chi connectivity index (χ1) is 9.81. The highest BCUT2D eigenvalue weighted by atomic mass is 16.5. The molecule has 108 valence electrons. The van der Waals surface area contributed by atoms with Gasteiger partial charge in [-0.1, -0.05) is 0 Å². The molecular formula is C15H20N2O3. The second-order valence-electron chi connectivity index (χ2n) is 5.31. The average molecular weight is 276 g/mol. The summed E-state index contributed by atoms with van der Waals surface area (Å²) >= 11 is 0. The summed E-state index contributed by atoms with van der Waals surface area (Å²) in [6.07, 6.45) is 3.38. The molecule has 1 aromatic rings. The first-order valence-corrected chi connectivity index (χ1v) is 7.21. The first kappa shape index (κ1) is 13.1. The number of amides is 1. The van der Waals surface area contributed by atoms with Crippen molar-refractivity contribution in [1.82, 2.24) is 5.32 Å². The predicted molar refractivity (Wildman–Crippen MR) is 76.3 cm³/mol. The van der Waals surface area contributed by atoms with E-state index in [9.17, 15) is 4.79 Å². The van der Waals surface area contributed by atoms with Crippen LogP contribution in [0.2, 0.25) is 0 Å². The van der Waals surface area contributed by atoms with Crippen molar-refractivity contribution < 1.29 is 14.3 Å². The van der Waals surface area contributed by atoms with Gasteiger partial charge in [0.1, 0.15) is 0 Å². The monoisotopic (exact) mass is 276 g/mol. The van der Waals surface area contributed by atoms with E-state index in [0.717, 1.165) is 30.2 Å². The van der Waals surface area contributed by atoms with Gasteiger partial charge in [-0.05, 0) is 30.9 Å². The van der Waals surface area contributed by atoms with Crippen LogP contribution in [-0.4, -0.2) is 32.2 Å². The van der Waals surface area contributed by atoms with E-state index in [-0.39, 0.29) is 12.5 Å². The maximum atomic E-state index is 11.7. The Morgan fingerprint density at radius 2 is 2.00 bits per heavy atom. The maximum Gasteiger partial charge on any atom is 0.239 e. The molecule has 1 amide bonds. The van der Waals surface area contributed by atoms with Crippen LogP contribution in [0.15, 0.2) is 18.2 Å². The number of nitrogens with one attached hydrogen (secondary N) is 2. The highest BCUT2D eigenvalue weighted by Crippen LogP contribution is 2.32. The zero-order chi connectivity index (χ0) is 13.8. The van der Waals surface area contributed by atoms with Gasteiger partial charge >= 0.3 is 0 Å². The maximum absolute atomic E-state index is 11.7. The summed E-state index contributed by atoms with van der Waals surface area (Å²) in [6.45, 7) is 2.44. The van der Waals surface area contributed by atoms with Crippen LogP contribution < -0.4 is 20.1 Å². The molecule has 2 aliphatic rings. The minimum Gasteiger partial charge on any atom is -0.490 e. The Bertz CT molecular complexity index is 486. The molecule has 5 heteroatoms. The molecular weight excluding hydrogens is 256 g/mol. The minimum atomic E-state index is 0.0315. The predicted octanol–water partition coefficient (Wildman–Crippen LogP) is 1.79. The number of fused-ring (bicyclic) bond motifs is 1. The molecule has 0 radical (unpaired) electrons. The topological polar surface area (TPSA) is 59.6 Å². The lowest BCUT2D eigenvalue weighted by Gasteiger charge is -2.11. The van der Waals surface area contributed by atoms with E-state index in [4.69, 9.17) is 9.47 Å². The van der Waals surface area contributed by atoms with Gasteiger partial charge in [0.25, 0.3) is 0 Å². The standard InChI is InChI=1S/C15H20N2O3/c18-15(17-9-11-2-3-11)10-16-12-4-5-13-14(8-12)20-7-1-6-19-13/h4-5,8,11,16H,1-3,6-7,9-10H2,(H,17,18). The quantitative estimate of drug-likeness (QED) is 0.860. The van der Waals surface area contributed by atoms with Gasteiger partial charge in [-0.25, -0.2) is 0 Å². The SMILES string of the molecule is O=C(CNc1ccc2c(c1)OCCCO2)NCC1CC1. The molecule has 0 aromatic heterocycles. The summed E-state index contributed by atoms with van der Waals surface area (Å²) in [5.41, 5.74) is 0.871. The lowest BCUT2D eigenvalue weighted by atomic mass is 10.2. The number of rotatable bonds is 5. The molecule has 2 N–H and O–H groups in total. The summed E-state index contributed by atoms with van der Waals surface area (Å²) in [6, 6.07) is 5.67. The van der Waals surface area contributed by atoms with E-state index in [1.807, 2.05) is 18.2 Å².